The Morgan fingerprint density at radius 2 is 2.11 bits per heavy atom. The Labute approximate surface area is 108 Å². The van der Waals surface area contributed by atoms with Crippen molar-refractivity contribution in [1.82, 2.24) is 24.6 Å². The molecule has 6 heteroatoms. The summed E-state index contributed by atoms with van der Waals surface area (Å²) in [7, 11) is 1.92. The van der Waals surface area contributed by atoms with Gasteiger partial charge in [0, 0.05) is 33.2 Å². The van der Waals surface area contributed by atoms with E-state index in [0.717, 1.165) is 45.0 Å². The van der Waals surface area contributed by atoms with Gasteiger partial charge in [0.2, 0.25) is 0 Å². The Kier molecular flexibility index (Phi) is 4.28. The molecule has 1 atom stereocenters. The molecule has 1 aromatic heterocycles. The highest BCUT2D eigenvalue weighted by atomic mass is 15.3. The maximum absolute atomic E-state index is 9.06. The van der Waals surface area contributed by atoms with Crippen LogP contribution in [0.5, 0.6) is 0 Å². The summed E-state index contributed by atoms with van der Waals surface area (Å²) in [6.07, 6.45) is 2.49. The topological polar surface area (TPSA) is 61.0 Å². The van der Waals surface area contributed by atoms with Gasteiger partial charge in [0.1, 0.15) is 12.2 Å². The van der Waals surface area contributed by atoms with E-state index in [1.165, 1.54) is 0 Å². The van der Waals surface area contributed by atoms with Gasteiger partial charge in [0.25, 0.3) is 0 Å². The summed E-state index contributed by atoms with van der Waals surface area (Å²) in [5.74, 6) is 0.996. The van der Waals surface area contributed by atoms with Crippen molar-refractivity contribution < 1.29 is 0 Å². The van der Waals surface area contributed by atoms with Crippen LogP contribution >= 0.6 is 0 Å². The summed E-state index contributed by atoms with van der Waals surface area (Å²) in [5, 5.41) is 13.1. The zero-order valence-corrected chi connectivity index (χ0v) is 11.1. The molecule has 2 rings (SSSR count). The Balaban J connectivity index is 1.84. The molecular weight excluding hydrogens is 228 g/mol. The number of aryl methyl sites for hydroxylation is 1. The van der Waals surface area contributed by atoms with Crippen LogP contribution in [0.15, 0.2) is 6.33 Å². The Bertz CT molecular complexity index is 412. The van der Waals surface area contributed by atoms with E-state index >= 15 is 0 Å². The normalized spacial score (nSPS) is 19.6. The number of nitriles is 1. The summed E-state index contributed by atoms with van der Waals surface area (Å²) in [6, 6.07) is 2.44. The molecule has 2 heterocycles. The zero-order valence-electron chi connectivity index (χ0n) is 11.1. The van der Waals surface area contributed by atoms with E-state index in [2.05, 4.69) is 32.9 Å². The van der Waals surface area contributed by atoms with Crippen LogP contribution in [0.3, 0.4) is 0 Å². The van der Waals surface area contributed by atoms with Crippen molar-refractivity contribution in [2.75, 3.05) is 26.2 Å². The Hall–Kier alpha value is -1.45. The molecule has 0 aromatic carbocycles. The van der Waals surface area contributed by atoms with Gasteiger partial charge in [0.15, 0.2) is 0 Å². The summed E-state index contributed by atoms with van der Waals surface area (Å²) < 4.78 is 1.82. The number of piperazine rings is 1. The second-order valence-electron chi connectivity index (χ2n) is 4.67. The van der Waals surface area contributed by atoms with Crippen LogP contribution in [-0.4, -0.2) is 56.8 Å². The molecule has 0 aliphatic carbocycles. The summed E-state index contributed by atoms with van der Waals surface area (Å²) >= 11 is 0. The number of hydrogen-bond donors (Lipinski definition) is 0. The van der Waals surface area contributed by atoms with Crippen LogP contribution in [0.4, 0.5) is 0 Å². The van der Waals surface area contributed by atoms with Crippen LogP contribution in [0.2, 0.25) is 0 Å². The first-order valence-electron chi connectivity index (χ1n) is 6.43. The zero-order chi connectivity index (χ0) is 13.0. The molecule has 0 radical (unpaired) electrons. The van der Waals surface area contributed by atoms with Gasteiger partial charge in [0.05, 0.1) is 18.7 Å². The lowest BCUT2D eigenvalue weighted by Gasteiger charge is -2.36. The van der Waals surface area contributed by atoms with E-state index in [9.17, 15) is 0 Å². The maximum Gasteiger partial charge on any atom is 0.140 e. The molecule has 0 saturated carbocycles. The first-order valence-corrected chi connectivity index (χ1v) is 6.43. The van der Waals surface area contributed by atoms with Crippen LogP contribution in [-0.2, 0) is 13.6 Å². The highest BCUT2D eigenvalue weighted by molar-refractivity contribution is 4.93. The van der Waals surface area contributed by atoms with Crippen molar-refractivity contribution in [2.24, 2.45) is 7.05 Å². The highest BCUT2D eigenvalue weighted by Crippen LogP contribution is 2.10. The number of aromatic nitrogens is 3. The number of rotatable bonds is 4. The van der Waals surface area contributed by atoms with Gasteiger partial charge in [-0.3, -0.25) is 14.5 Å². The quantitative estimate of drug-likeness (QED) is 0.763. The molecule has 1 aliphatic heterocycles. The van der Waals surface area contributed by atoms with E-state index in [4.69, 9.17) is 5.26 Å². The molecule has 6 nitrogen and oxygen atoms in total. The lowest BCUT2D eigenvalue weighted by Crippen LogP contribution is -2.49. The molecule has 1 fully saturated rings. The van der Waals surface area contributed by atoms with Crippen LogP contribution in [0.1, 0.15) is 19.2 Å². The second-order valence-corrected chi connectivity index (χ2v) is 4.67. The monoisotopic (exact) mass is 248 g/mol. The van der Waals surface area contributed by atoms with Gasteiger partial charge in [-0.15, -0.1) is 0 Å². The SMILES string of the molecule is CCC(C#N)N1CCN(Cc2ncnn2C)CC1. The van der Waals surface area contributed by atoms with Crippen molar-refractivity contribution in [1.29, 1.82) is 5.26 Å². The van der Waals surface area contributed by atoms with E-state index in [0.29, 0.717) is 0 Å². The van der Waals surface area contributed by atoms with Gasteiger partial charge in [-0.2, -0.15) is 10.4 Å². The molecule has 98 valence electrons. The van der Waals surface area contributed by atoms with Gasteiger partial charge < -0.3 is 0 Å². The molecule has 1 aromatic rings. The molecule has 0 spiro atoms. The molecule has 1 unspecified atom stereocenters. The molecule has 0 bridgehead atoms. The fourth-order valence-electron chi connectivity index (χ4n) is 2.33. The third-order valence-corrected chi connectivity index (χ3v) is 3.55. The van der Waals surface area contributed by atoms with Crippen molar-refractivity contribution in [3.05, 3.63) is 12.2 Å². The molecule has 0 amide bonds. The summed E-state index contributed by atoms with van der Waals surface area (Å²) in [6.45, 7) is 6.82. The standard InChI is InChI=1S/C12H20N6/c1-3-11(8-13)18-6-4-17(5-7-18)9-12-14-10-15-16(12)2/h10-11H,3-7,9H2,1-2H3. The van der Waals surface area contributed by atoms with E-state index in [1.54, 1.807) is 6.33 Å². The van der Waals surface area contributed by atoms with E-state index in [1.807, 2.05) is 11.7 Å². The molecule has 1 saturated heterocycles. The predicted molar refractivity (Wildman–Crippen MR) is 67.5 cm³/mol. The Morgan fingerprint density at radius 1 is 1.39 bits per heavy atom. The van der Waals surface area contributed by atoms with Gasteiger partial charge >= 0.3 is 0 Å². The minimum atomic E-state index is 0.0713. The fraction of sp³-hybridized carbons (Fsp3) is 0.750. The lowest BCUT2D eigenvalue weighted by atomic mass is 10.2. The average molecular weight is 248 g/mol. The van der Waals surface area contributed by atoms with Crippen molar-refractivity contribution in [2.45, 2.75) is 25.9 Å². The fourth-order valence-corrected chi connectivity index (χ4v) is 2.33. The molecular formula is C12H20N6. The molecule has 0 N–H and O–H groups in total. The van der Waals surface area contributed by atoms with Crippen LogP contribution in [0, 0.1) is 11.3 Å². The summed E-state index contributed by atoms with van der Waals surface area (Å²) in [4.78, 5) is 8.88. The third kappa shape index (κ3) is 2.86. The minimum Gasteiger partial charge on any atom is -0.293 e. The molecule has 18 heavy (non-hydrogen) atoms. The van der Waals surface area contributed by atoms with E-state index < -0.39 is 0 Å². The number of nitrogens with zero attached hydrogens (tertiary/aromatic N) is 6. The largest absolute Gasteiger partial charge is 0.293 e. The maximum atomic E-state index is 9.06. The van der Waals surface area contributed by atoms with Crippen molar-refractivity contribution in [3.8, 4) is 6.07 Å². The van der Waals surface area contributed by atoms with Gasteiger partial charge in [-0.1, -0.05) is 6.92 Å². The van der Waals surface area contributed by atoms with Crippen molar-refractivity contribution in [3.63, 3.8) is 0 Å². The predicted octanol–water partition coefficient (Wildman–Crippen LogP) is 0.235. The lowest BCUT2D eigenvalue weighted by molar-refractivity contribution is 0.105. The minimum absolute atomic E-state index is 0.0713. The van der Waals surface area contributed by atoms with E-state index in [-0.39, 0.29) is 6.04 Å². The third-order valence-electron chi connectivity index (χ3n) is 3.55. The molecule has 1 aliphatic rings. The van der Waals surface area contributed by atoms with Gasteiger partial charge in [-0.25, -0.2) is 4.98 Å². The van der Waals surface area contributed by atoms with Crippen molar-refractivity contribution >= 4 is 0 Å². The number of hydrogen-bond acceptors (Lipinski definition) is 5. The highest BCUT2D eigenvalue weighted by Gasteiger charge is 2.23. The first kappa shape index (κ1) is 13.0. The van der Waals surface area contributed by atoms with Crippen LogP contribution < -0.4 is 0 Å². The first-order chi connectivity index (χ1) is 8.74. The smallest absolute Gasteiger partial charge is 0.140 e. The average Bonchev–Trinajstić information content (AvgIpc) is 2.79. The summed E-state index contributed by atoms with van der Waals surface area (Å²) in [5.41, 5.74) is 0. The van der Waals surface area contributed by atoms with Crippen LogP contribution in [0.25, 0.3) is 0 Å². The van der Waals surface area contributed by atoms with Gasteiger partial charge in [-0.05, 0) is 6.42 Å². The Morgan fingerprint density at radius 3 is 2.61 bits per heavy atom. The second kappa shape index (κ2) is 5.94.